The minimum Gasteiger partial charge on any atom is -0.508 e. The molecule has 0 saturated heterocycles. The minimum atomic E-state index is -1.27. The number of nitrogens with zero attached hydrogens (tertiary/aromatic N) is 1. The van der Waals surface area contributed by atoms with E-state index in [1.165, 1.54) is 12.1 Å². The van der Waals surface area contributed by atoms with Crippen LogP contribution in [-0.4, -0.2) is 58.7 Å². The molecule has 2 aromatic carbocycles. The SMILES string of the molecule is C#CN(C(=O)C(Cc1ccc(O)cc1)NC(=O)OC(C)(C)C)C(C(=O)NCCC(=O)OCC)c1cc(C)ccc1C. The first-order valence-electron chi connectivity index (χ1n) is 13.3. The average molecular weight is 566 g/mol. The number of carbonyl (C=O) groups excluding carboxylic acids is 4. The predicted molar refractivity (Wildman–Crippen MR) is 154 cm³/mol. The summed E-state index contributed by atoms with van der Waals surface area (Å²) >= 11 is 0. The summed E-state index contributed by atoms with van der Waals surface area (Å²) in [6.07, 6.45) is 4.96. The first-order valence-corrected chi connectivity index (χ1v) is 13.3. The van der Waals surface area contributed by atoms with E-state index < -0.39 is 41.6 Å². The van der Waals surface area contributed by atoms with Gasteiger partial charge in [0.15, 0.2) is 0 Å². The van der Waals surface area contributed by atoms with Crippen molar-refractivity contribution in [2.45, 2.75) is 72.1 Å². The van der Waals surface area contributed by atoms with Crippen molar-refractivity contribution in [2.75, 3.05) is 13.2 Å². The highest BCUT2D eigenvalue weighted by Gasteiger charge is 2.36. The van der Waals surface area contributed by atoms with Crippen molar-refractivity contribution >= 4 is 23.9 Å². The van der Waals surface area contributed by atoms with Gasteiger partial charge in [0, 0.05) is 19.0 Å². The number of phenols is 1. The van der Waals surface area contributed by atoms with Gasteiger partial charge in [0.25, 0.3) is 5.91 Å². The molecule has 0 radical (unpaired) electrons. The zero-order valence-electron chi connectivity index (χ0n) is 24.4. The summed E-state index contributed by atoms with van der Waals surface area (Å²) in [4.78, 5) is 53.1. The largest absolute Gasteiger partial charge is 0.508 e. The van der Waals surface area contributed by atoms with Crippen molar-refractivity contribution in [3.63, 3.8) is 0 Å². The first-order chi connectivity index (χ1) is 19.2. The fourth-order valence-corrected chi connectivity index (χ4v) is 4.02. The quantitative estimate of drug-likeness (QED) is 0.215. The summed E-state index contributed by atoms with van der Waals surface area (Å²) < 4.78 is 10.3. The van der Waals surface area contributed by atoms with Crippen LogP contribution in [0.1, 0.15) is 62.4 Å². The van der Waals surface area contributed by atoms with Crippen LogP contribution in [0, 0.1) is 26.3 Å². The number of benzene rings is 2. The van der Waals surface area contributed by atoms with Gasteiger partial charge in [0.2, 0.25) is 5.91 Å². The Hall–Kier alpha value is -4.52. The second kappa shape index (κ2) is 14.7. The van der Waals surface area contributed by atoms with Gasteiger partial charge in [-0.1, -0.05) is 42.3 Å². The number of aromatic hydroxyl groups is 1. The molecule has 0 aliphatic rings. The number of aryl methyl sites for hydroxylation is 2. The Kier molecular flexibility index (Phi) is 11.8. The second-order valence-electron chi connectivity index (χ2n) is 10.5. The number of phenolic OH excluding ortho intramolecular Hbond substituents is 1. The number of nitrogens with one attached hydrogen (secondary N) is 2. The minimum absolute atomic E-state index is 0.000529. The van der Waals surface area contributed by atoms with Gasteiger partial charge in [-0.25, -0.2) is 4.79 Å². The molecule has 41 heavy (non-hydrogen) atoms. The van der Waals surface area contributed by atoms with Crippen LogP contribution in [0.5, 0.6) is 5.75 Å². The van der Waals surface area contributed by atoms with E-state index in [0.717, 1.165) is 10.5 Å². The van der Waals surface area contributed by atoms with Gasteiger partial charge in [-0.05, 0) is 70.4 Å². The lowest BCUT2D eigenvalue weighted by Gasteiger charge is -2.31. The van der Waals surface area contributed by atoms with Crippen molar-refractivity contribution in [3.05, 3.63) is 64.7 Å². The van der Waals surface area contributed by atoms with Gasteiger partial charge in [-0.3, -0.25) is 19.3 Å². The smallest absolute Gasteiger partial charge is 0.408 e. The summed E-state index contributed by atoms with van der Waals surface area (Å²) in [5, 5.41) is 15.0. The normalized spacial score (nSPS) is 12.3. The molecular weight excluding hydrogens is 526 g/mol. The van der Waals surface area contributed by atoms with E-state index in [-0.39, 0.29) is 31.7 Å². The molecule has 2 rings (SSSR count). The molecule has 2 aromatic rings. The Morgan fingerprint density at radius 2 is 1.73 bits per heavy atom. The van der Waals surface area contributed by atoms with E-state index in [0.29, 0.717) is 16.7 Å². The lowest BCUT2D eigenvalue weighted by molar-refractivity contribution is -0.143. The van der Waals surface area contributed by atoms with Crippen LogP contribution < -0.4 is 10.6 Å². The van der Waals surface area contributed by atoms with E-state index in [2.05, 4.69) is 16.7 Å². The number of hydrogen-bond acceptors (Lipinski definition) is 7. The van der Waals surface area contributed by atoms with Crippen LogP contribution >= 0.6 is 0 Å². The van der Waals surface area contributed by atoms with E-state index in [4.69, 9.17) is 15.9 Å². The van der Waals surface area contributed by atoms with Crippen molar-refractivity contribution in [3.8, 4) is 18.2 Å². The third kappa shape index (κ3) is 10.2. The molecular formula is C31H39N3O7. The fraction of sp³-hybridized carbons (Fsp3) is 0.419. The Morgan fingerprint density at radius 3 is 2.32 bits per heavy atom. The van der Waals surface area contributed by atoms with Crippen LogP contribution in [0.2, 0.25) is 0 Å². The standard InChI is InChI=1S/C31H39N3O7/c1-8-34(27(24-18-20(3)10-11-21(24)4)28(37)32-17-16-26(36)40-9-2)29(38)25(33-30(39)41-31(5,6)7)19-22-12-14-23(35)15-13-22/h1,10-15,18,25,27,35H,9,16-17,19H2,2-7H3,(H,32,37)(H,33,39). The lowest BCUT2D eigenvalue weighted by Crippen LogP contribution is -2.52. The molecule has 0 aromatic heterocycles. The molecule has 3 N–H and O–H groups in total. The molecule has 3 amide bonds. The highest BCUT2D eigenvalue weighted by Crippen LogP contribution is 2.27. The number of amides is 3. The first kappa shape index (κ1) is 32.7. The molecule has 0 fully saturated rings. The molecule has 0 bridgehead atoms. The van der Waals surface area contributed by atoms with Gasteiger partial charge in [0.1, 0.15) is 23.4 Å². The van der Waals surface area contributed by atoms with Crippen molar-refractivity contribution in [1.82, 2.24) is 15.5 Å². The Bertz CT molecular complexity index is 1280. The number of hydrogen-bond donors (Lipinski definition) is 3. The van der Waals surface area contributed by atoms with Crippen LogP contribution in [0.4, 0.5) is 4.79 Å². The summed E-state index contributed by atoms with van der Waals surface area (Å²) in [6, 6.07) is 11.4. The molecule has 0 aliphatic heterocycles. The van der Waals surface area contributed by atoms with Gasteiger partial charge >= 0.3 is 12.1 Å². The van der Waals surface area contributed by atoms with Gasteiger partial charge < -0.3 is 25.2 Å². The second-order valence-corrected chi connectivity index (χ2v) is 10.5. The maximum absolute atomic E-state index is 14.0. The maximum atomic E-state index is 14.0. The monoisotopic (exact) mass is 565 g/mol. The van der Waals surface area contributed by atoms with Gasteiger partial charge in [-0.2, -0.15) is 0 Å². The Balaban J connectivity index is 2.48. The number of alkyl carbamates (subject to hydrolysis) is 1. The highest BCUT2D eigenvalue weighted by molar-refractivity contribution is 5.93. The van der Waals surface area contributed by atoms with E-state index in [1.807, 2.05) is 19.1 Å². The fourth-order valence-electron chi connectivity index (χ4n) is 4.02. The summed E-state index contributed by atoms with van der Waals surface area (Å²) in [7, 11) is 0. The summed E-state index contributed by atoms with van der Waals surface area (Å²) in [5.74, 6) is -1.76. The third-order valence-corrected chi connectivity index (χ3v) is 5.91. The van der Waals surface area contributed by atoms with Crippen molar-refractivity contribution < 1.29 is 33.8 Å². The third-order valence-electron chi connectivity index (χ3n) is 5.91. The molecule has 10 heteroatoms. The zero-order chi connectivity index (χ0) is 30.7. The molecule has 10 nitrogen and oxygen atoms in total. The van der Waals surface area contributed by atoms with Crippen molar-refractivity contribution in [2.24, 2.45) is 0 Å². The van der Waals surface area contributed by atoms with Crippen LogP contribution in [0.25, 0.3) is 0 Å². The zero-order valence-corrected chi connectivity index (χ0v) is 24.4. The van der Waals surface area contributed by atoms with E-state index >= 15 is 0 Å². The molecule has 2 unspecified atom stereocenters. The lowest BCUT2D eigenvalue weighted by atomic mass is 9.96. The number of terminal acetylenes is 1. The van der Waals surface area contributed by atoms with Crippen LogP contribution in [0.15, 0.2) is 42.5 Å². The summed E-state index contributed by atoms with van der Waals surface area (Å²) in [6.45, 7) is 10.6. The molecule has 220 valence electrons. The molecule has 0 heterocycles. The van der Waals surface area contributed by atoms with Crippen LogP contribution in [0.3, 0.4) is 0 Å². The average Bonchev–Trinajstić information content (AvgIpc) is 2.88. The molecule has 0 aliphatic carbocycles. The van der Waals surface area contributed by atoms with Gasteiger partial charge in [0.05, 0.1) is 13.0 Å². The number of carbonyl (C=O) groups is 4. The molecule has 0 spiro atoms. The highest BCUT2D eigenvalue weighted by atomic mass is 16.6. The topological polar surface area (TPSA) is 134 Å². The predicted octanol–water partition coefficient (Wildman–Crippen LogP) is 3.67. The summed E-state index contributed by atoms with van der Waals surface area (Å²) in [5.41, 5.74) is 1.83. The molecule has 0 saturated carbocycles. The van der Waals surface area contributed by atoms with Crippen LogP contribution in [-0.2, 0) is 30.3 Å². The van der Waals surface area contributed by atoms with E-state index in [1.54, 1.807) is 52.8 Å². The maximum Gasteiger partial charge on any atom is 0.408 e. The number of esters is 1. The number of rotatable bonds is 11. The van der Waals surface area contributed by atoms with E-state index in [9.17, 15) is 24.3 Å². The molecule has 2 atom stereocenters. The Morgan fingerprint density at radius 1 is 1.07 bits per heavy atom. The van der Waals surface area contributed by atoms with Gasteiger partial charge in [-0.15, -0.1) is 0 Å². The van der Waals surface area contributed by atoms with Crippen molar-refractivity contribution in [1.29, 1.82) is 0 Å². The Labute approximate surface area is 241 Å². The number of ether oxygens (including phenoxy) is 2.